The fraction of sp³-hybridized carbons (Fsp3) is 0.423. The smallest absolute Gasteiger partial charge is 0.170 e. The van der Waals surface area contributed by atoms with E-state index >= 15 is 0 Å². The lowest BCUT2D eigenvalue weighted by molar-refractivity contribution is 0.306. The second kappa shape index (κ2) is 9.02. The van der Waals surface area contributed by atoms with E-state index in [0.717, 1.165) is 22.9 Å². The van der Waals surface area contributed by atoms with Crippen LogP contribution < -0.4 is 5.32 Å². The van der Waals surface area contributed by atoms with Gasteiger partial charge in [0.25, 0.3) is 0 Å². The molecule has 3 aromatic heterocycles. The Hall–Kier alpha value is -2.73. The molecule has 0 radical (unpaired) electrons. The molecular weight excluding hydrogens is 414 g/mol. The minimum absolute atomic E-state index is 0.0145. The van der Waals surface area contributed by atoms with Gasteiger partial charge in [-0.1, -0.05) is 31.4 Å². The van der Waals surface area contributed by atoms with Crippen molar-refractivity contribution in [2.75, 3.05) is 0 Å². The fourth-order valence-electron chi connectivity index (χ4n) is 5.61. The highest BCUT2D eigenvalue weighted by Crippen LogP contribution is 2.43. The molecule has 5 rings (SSSR count). The van der Waals surface area contributed by atoms with Gasteiger partial charge in [0.15, 0.2) is 5.11 Å². The number of aryl methyl sites for hydroxylation is 1. The Morgan fingerprint density at radius 3 is 2.62 bits per heavy atom. The van der Waals surface area contributed by atoms with Gasteiger partial charge < -0.3 is 14.8 Å². The zero-order valence-corrected chi connectivity index (χ0v) is 19.7. The van der Waals surface area contributed by atoms with Crippen molar-refractivity contribution >= 4 is 17.3 Å². The number of hydrogen-bond acceptors (Lipinski definition) is 3. The molecule has 0 bridgehead atoms. The summed E-state index contributed by atoms with van der Waals surface area (Å²) in [7, 11) is 0. The van der Waals surface area contributed by atoms with E-state index < -0.39 is 0 Å². The second-order valence-corrected chi connectivity index (χ2v) is 9.49. The maximum atomic E-state index is 5.86. The SMILES string of the molecule is Cc1cc(C2C(c3ccccn3)NC(=S)N2Cc2cccnc2)c(C)n1C1CCCCC1. The number of pyridine rings is 2. The van der Waals surface area contributed by atoms with E-state index in [-0.39, 0.29) is 12.1 Å². The van der Waals surface area contributed by atoms with Crippen LogP contribution in [-0.2, 0) is 6.54 Å². The Bertz CT molecular complexity index is 1070. The van der Waals surface area contributed by atoms with Crippen LogP contribution >= 0.6 is 12.2 Å². The lowest BCUT2D eigenvalue weighted by atomic mass is 9.94. The van der Waals surface area contributed by atoms with E-state index in [1.54, 1.807) is 0 Å². The van der Waals surface area contributed by atoms with Crippen LogP contribution in [0, 0.1) is 13.8 Å². The number of aromatic nitrogens is 3. The molecule has 1 aliphatic heterocycles. The topological polar surface area (TPSA) is 46.0 Å². The largest absolute Gasteiger partial charge is 0.352 e. The van der Waals surface area contributed by atoms with Crippen LogP contribution in [0.3, 0.4) is 0 Å². The van der Waals surface area contributed by atoms with Crippen molar-refractivity contribution in [3.8, 4) is 0 Å². The van der Waals surface area contributed by atoms with Crippen LogP contribution in [0.15, 0.2) is 55.0 Å². The summed E-state index contributed by atoms with van der Waals surface area (Å²) in [4.78, 5) is 11.3. The van der Waals surface area contributed by atoms with Gasteiger partial charge >= 0.3 is 0 Å². The molecule has 2 unspecified atom stereocenters. The number of hydrogen-bond donors (Lipinski definition) is 1. The van der Waals surface area contributed by atoms with Gasteiger partial charge in [0.1, 0.15) is 0 Å². The van der Waals surface area contributed by atoms with Gasteiger partial charge in [-0.25, -0.2) is 0 Å². The number of thiocarbonyl (C=S) groups is 1. The maximum Gasteiger partial charge on any atom is 0.170 e. The highest BCUT2D eigenvalue weighted by molar-refractivity contribution is 7.80. The minimum Gasteiger partial charge on any atom is -0.352 e. The number of nitrogens with one attached hydrogen (secondary N) is 1. The van der Waals surface area contributed by atoms with Crippen LogP contribution in [-0.4, -0.2) is 24.5 Å². The van der Waals surface area contributed by atoms with Crippen LogP contribution in [0.2, 0.25) is 0 Å². The summed E-state index contributed by atoms with van der Waals surface area (Å²) < 4.78 is 2.59. The Labute approximate surface area is 195 Å². The molecule has 1 aliphatic carbocycles. The average molecular weight is 446 g/mol. The van der Waals surface area contributed by atoms with Crippen molar-refractivity contribution in [1.29, 1.82) is 0 Å². The van der Waals surface area contributed by atoms with Crippen molar-refractivity contribution in [3.63, 3.8) is 0 Å². The van der Waals surface area contributed by atoms with Gasteiger partial charge in [0, 0.05) is 42.6 Å². The third kappa shape index (κ3) is 3.92. The van der Waals surface area contributed by atoms with Crippen molar-refractivity contribution < 1.29 is 0 Å². The quantitative estimate of drug-likeness (QED) is 0.520. The van der Waals surface area contributed by atoms with E-state index in [2.05, 4.69) is 57.9 Å². The molecule has 166 valence electrons. The Kier molecular flexibility index (Phi) is 5.96. The molecule has 5 nitrogen and oxygen atoms in total. The van der Waals surface area contributed by atoms with Crippen LogP contribution in [0.1, 0.15) is 78.4 Å². The summed E-state index contributed by atoms with van der Waals surface area (Å²) in [6.07, 6.45) is 12.2. The first-order valence-corrected chi connectivity index (χ1v) is 12.1. The molecule has 4 heterocycles. The van der Waals surface area contributed by atoms with Crippen molar-refractivity contribution in [1.82, 2.24) is 24.8 Å². The minimum atomic E-state index is 0.0145. The van der Waals surface area contributed by atoms with Crippen molar-refractivity contribution in [2.45, 2.75) is 70.6 Å². The number of rotatable bonds is 5. The summed E-state index contributed by atoms with van der Waals surface area (Å²) in [5.74, 6) is 0. The summed E-state index contributed by atoms with van der Waals surface area (Å²) in [5, 5.41) is 4.36. The summed E-state index contributed by atoms with van der Waals surface area (Å²) >= 11 is 5.86. The lowest BCUT2D eigenvalue weighted by Crippen LogP contribution is -2.29. The molecular formula is C26H31N5S. The fourth-order valence-corrected chi connectivity index (χ4v) is 5.91. The van der Waals surface area contributed by atoms with Gasteiger partial charge in [-0.2, -0.15) is 0 Å². The van der Waals surface area contributed by atoms with E-state index in [1.165, 1.54) is 49.1 Å². The first kappa shape index (κ1) is 21.1. The van der Waals surface area contributed by atoms with Crippen LogP contribution in [0.4, 0.5) is 0 Å². The lowest BCUT2D eigenvalue weighted by Gasteiger charge is -2.29. The molecule has 1 N–H and O–H groups in total. The van der Waals surface area contributed by atoms with Gasteiger partial charge in [0.05, 0.1) is 17.8 Å². The molecule has 0 spiro atoms. The van der Waals surface area contributed by atoms with Gasteiger partial charge in [-0.05, 0) is 74.3 Å². The molecule has 2 atom stereocenters. The van der Waals surface area contributed by atoms with Gasteiger partial charge in [0.2, 0.25) is 0 Å². The summed E-state index contributed by atoms with van der Waals surface area (Å²) in [6.45, 7) is 5.27. The predicted molar refractivity (Wildman–Crippen MR) is 131 cm³/mol. The monoisotopic (exact) mass is 445 g/mol. The third-order valence-electron chi connectivity index (χ3n) is 7.06. The molecule has 2 aliphatic rings. The molecule has 0 aromatic carbocycles. The predicted octanol–water partition coefficient (Wildman–Crippen LogP) is 5.57. The normalized spacial score (nSPS) is 21.7. The highest BCUT2D eigenvalue weighted by Gasteiger charge is 2.41. The molecule has 1 saturated heterocycles. The Morgan fingerprint density at radius 1 is 1.06 bits per heavy atom. The van der Waals surface area contributed by atoms with E-state index in [4.69, 9.17) is 17.2 Å². The van der Waals surface area contributed by atoms with Gasteiger partial charge in [-0.15, -0.1) is 0 Å². The van der Waals surface area contributed by atoms with Crippen LogP contribution in [0.5, 0.6) is 0 Å². The maximum absolute atomic E-state index is 5.86. The molecule has 1 saturated carbocycles. The summed E-state index contributed by atoms with van der Waals surface area (Å²) in [5.41, 5.74) is 6.24. The van der Waals surface area contributed by atoms with Crippen molar-refractivity contribution in [2.24, 2.45) is 0 Å². The number of nitrogens with zero attached hydrogens (tertiary/aromatic N) is 4. The third-order valence-corrected chi connectivity index (χ3v) is 7.41. The average Bonchev–Trinajstić information content (AvgIpc) is 3.30. The Balaban J connectivity index is 1.57. The zero-order chi connectivity index (χ0) is 22.1. The van der Waals surface area contributed by atoms with Gasteiger partial charge in [-0.3, -0.25) is 9.97 Å². The molecule has 3 aromatic rings. The zero-order valence-electron chi connectivity index (χ0n) is 18.9. The van der Waals surface area contributed by atoms with E-state index in [9.17, 15) is 0 Å². The van der Waals surface area contributed by atoms with Crippen LogP contribution in [0.25, 0.3) is 0 Å². The first-order valence-electron chi connectivity index (χ1n) is 11.7. The second-order valence-electron chi connectivity index (χ2n) is 9.10. The summed E-state index contributed by atoms with van der Waals surface area (Å²) in [6, 6.07) is 13.3. The van der Waals surface area contributed by atoms with Crippen molar-refractivity contribution in [3.05, 3.63) is 83.2 Å². The molecule has 2 fully saturated rings. The first-order chi connectivity index (χ1) is 15.6. The molecule has 32 heavy (non-hydrogen) atoms. The highest BCUT2D eigenvalue weighted by atomic mass is 32.1. The molecule has 6 heteroatoms. The van der Waals surface area contributed by atoms with E-state index in [1.807, 2.05) is 30.7 Å². The Morgan fingerprint density at radius 2 is 1.91 bits per heavy atom. The molecule has 0 amide bonds. The standard InChI is InChI=1S/C26H31N5S/c1-18-15-22(19(2)31(18)21-10-4-3-5-11-21)25-24(23-12-6-7-14-28-23)29-26(32)30(25)17-20-9-8-13-27-16-20/h6-9,12-16,21,24-25H,3-5,10-11,17H2,1-2H3,(H,29,32). The van der Waals surface area contributed by atoms with E-state index in [0.29, 0.717) is 6.04 Å².